The second-order valence-corrected chi connectivity index (χ2v) is 6.98. The van der Waals surface area contributed by atoms with Crippen LogP contribution in [0.15, 0.2) is 91.0 Å². The summed E-state index contributed by atoms with van der Waals surface area (Å²) >= 11 is 6.19. The van der Waals surface area contributed by atoms with Crippen LogP contribution < -0.4 is 4.74 Å². The van der Waals surface area contributed by atoms with E-state index in [4.69, 9.17) is 16.3 Å². The SMILES string of the molecule is ClCc1cc(Cc2ccc3ccccc3c2)ccc1OCc1ccccc1. The van der Waals surface area contributed by atoms with Gasteiger partial charge in [0.05, 0.1) is 5.88 Å². The molecule has 0 radical (unpaired) electrons. The van der Waals surface area contributed by atoms with Crippen molar-refractivity contribution >= 4 is 22.4 Å². The summed E-state index contributed by atoms with van der Waals surface area (Å²) < 4.78 is 5.99. The third-order valence-electron chi connectivity index (χ3n) is 4.73. The molecule has 0 aromatic heterocycles. The molecule has 0 heterocycles. The van der Waals surface area contributed by atoms with Crippen molar-refractivity contribution in [1.82, 2.24) is 0 Å². The number of hydrogen-bond acceptors (Lipinski definition) is 1. The molecule has 0 spiro atoms. The highest BCUT2D eigenvalue weighted by atomic mass is 35.5. The standard InChI is InChI=1S/C25H21ClO/c26-17-24-16-21(11-13-25(24)27-18-19-6-2-1-3-7-19)14-20-10-12-22-8-4-5-9-23(22)15-20/h1-13,15-16H,14,17-18H2. The van der Waals surface area contributed by atoms with Crippen molar-refractivity contribution in [3.05, 3.63) is 113 Å². The summed E-state index contributed by atoms with van der Waals surface area (Å²) in [7, 11) is 0. The van der Waals surface area contributed by atoms with Gasteiger partial charge in [0.15, 0.2) is 0 Å². The quantitative estimate of drug-likeness (QED) is 0.340. The Kier molecular flexibility index (Phi) is 5.41. The minimum absolute atomic E-state index is 0.440. The van der Waals surface area contributed by atoms with E-state index in [1.165, 1.54) is 21.9 Å². The van der Waals surface area contributed by atoms with Crippen LogP contribution in [0.25, 0.3) is 10.8 Å². The molecule has 4 rings (SSSR count). The summed E-state index contributed by atoms with van der Waals surface area (Å²) in [5, 5.41) is 2.54. The van der Waals surface area contributed by atoms with Gasteiger partial charge in [0.2, 0.25) is 0 Å². The summed E-state index contributed by atoms with van der Waals surface area (Å²) in [4.78, 5) is 0. The Labute approximate surface area is 165 Å². The summed E-state index contributed by atoms with van der Waals surface area (Å²) in [6, 6.07) is 31.6. The maximum Gasteiger partial charge on any atom is 0.124 e. The molecule has 134 valence electrons. The molecule has 0 atom stereocenters. The predicted molar refractivity (Wildman–Crippen MR) is 114 cm³/mol. The van der Waals surface area contributed by atoms with Gasteiger partial charge in [0, 0.05) is 5.56 Å². The van der Waals surface area contributed by atoms with Crippen molar-refractivity contribution < 1.29 is 4.74 Å². The Bertz CT molecular complexity index is 1040. The molecule has 0 N–H and O–H groups in total. The van der Waals surface area contributed by atoms with Crippen molar-refractivity contribution in [2.75, 3.05) is 0 Å². The van der Waals surface area contributed by atoms with Crippen LogP contribution in [0.2, 0.25) is 0 Å². The fourth-order valence-electron chi connectivity index (χ4n) is 3.31. The first kappa shape index (κ1) is 17.6. The topological polar surface area (TPSA) is 9.23 Å². The van der Waals surface area contributed by atoms with E-state index in [0.717, 1.165) is 23.3 Å². The fraction of sp³-hybridized carbons (Fsp3) is 0.120. The van der Waals surface area contributed by atoms with E-state index in [1.54, 1.807) is 0 Å². The normalized spacial score (nSPS) is 10.9. The Morgan fingerprint density at radius 2 is 1.33 bits per heavy atom. The molecule has 27 heavy (non-hydrogen) atoms. The minimum Gasteiger partial charge on any atom is -0.489 e. The van der Waals surface area contributed by atoms with Gasteiger partial charge < -0.3 is 4.74 Å². The number of alkyl halides is 1. The van der Waals surface area contributed by atoms with Crippen LogP contribution in [-0.2, 0) is 18.9 Å². The summed E-state index contributed by atoms with van der Waals surface area (Å²) in [5.74, 6) is 1.30. The van der Waals surface area contributed by atoms with Crippen LogP contribution in [0, 0.1) is 0 Å². The molecule has 4 aromatic carbocycles. The number of fused-ring (bicyclic) bond motifs is 1. The van der Waals surface area contributed by atoms with Gasteiger partial charge in [-0.1, -0.05) is 84.9 Å². The molecule has 0 amide bonds. The van der Waals surface area contributed by atoms with Crippen LogP contribution >= 0.6 is 11.6 Å². The zero-order chi connectivity index (χ0) is 18.5. The lowest BCUT2D eigenvalue weighted by molar-refractivity contribution is 0.304. The first-order valence-electron chi connectivity index (χ1n) is 9.14. The van der Waals surface area contributed by atoms with Crippen molar-refractivity contribution in [1.29, 1.82) is 0 Å². The Morgan fingerprint density at radius 3 is 2.15 bits per heavy atom. The zero-order valence-electron chi connectivity index (χ0n) is 15.1. The highest BCUT2D eigenvalue weighted by molar-refractivity contribution is 6.17. The highest BCUT2D eigenvalue weighted by Crippen LogP contribution is 2.25. The molecular weight excluding hydrogens is 352 g/mol. The van der Waals surface area contributed by atoms with Crippen LogP contribution in [0.4, 0.5) is 0 Å². The first-order chi connectivity index (χ1) is 13.3. The van der Waals surface area contributed by atoms with E-state index in [1.807, 2.05) is 24.3 Å². The van der Waals surface area contributed by atoms with Crippen molar-refractivity contribution in [3.63, 3.8) is 0 Å². The summed E-state index contributed by atoms with van der Waals surface area (Å²) in [6.07, 6.45) is 0.883. The van der Waals surface area contributed by atoms with Crippen LogP contribution in [0.3, 0.4) is 0 Å². The highest BCUT2D eigenvalue weighted by Gasteiger charge is 2.06. The van der Waals surface area contributed by atoms with Gasteiger partial charge in [-0.05, 0) is 39.9 Å². The molecule has 0 fully saturated rings. The number of halogens is 1. The fourth-order valence-corrected chi connectivity index (χ4v) is 3.52. The lowest BCUT2D eigenvalue weighted by Gasteiger charge is -2.12. The van der Waals surface area contributed by atoms with Gasteiger partial charge in [0.25, 0.3) is 0 Å². The van der Waals surface area contributed by atoms with E-state index in [0.29, 0.717) is 12.5 Å². The van der Waals surface area contributed by atoms with E-state index in [9.17, 15) is 0 Å². The maximum absolute atomic E-state index is 6.19. The van der Waals surface area contributed by atoms with Gasteiger partial charge in [-0.3, -0.25) is 0 Å². The summed E-state index contributed by atoms with van der Waals surface area (Å²) in [6.45, 7) is 0.550. The number of hydrogen-bond donors (Lipinski definition) is 0. The Balaban J connectivity index is 1.51. The van der Waals surface area contributed by atoms with E-state index in [2.05, 4.69) is 66.7 Å². The zero-order valence-corrected chi connectivity index (χ0v) is 15.8. The lowest BCUT2D eigenvalue weighted by atomic mass is 10.00. The molecule has 0 aliphatic rings. The van der Waals surface area contributed by atoms with Gasteiger partial charge >= 0.3 is 0 Å². The van der Waals surface area contributed by atoms with E-state index < -0.39 is 0 Å². The Morgan fingerprint density at radius 1 is 0.630 bits per heavy atom. The van der Waals surface area contributed by atoms with Crippen molar-refractivity contribution in [2.45, 2.75) is 18.9 Å². The third-order valence-corrected chi connectivity index (χ3v) is 5.02. The lowest BCUT2D eigenvalue weighted by Crippen LogP contribution is -1.99. The third kappa shape index (κ3) is 4.32. The van der Waals surface area contributed by atoms with Crippen LogP contribution in [0.5, 0.6) is 5.75 Å². The molecule has 0 aliphatic heterocycles. The van der Waals surface area contributed by atoms with Gasteiger partial charge in [-0.2, -0.15) is 0 Å². The van der Waals surface area contributed by atoms with Crippen molar-refractivity contribution in [2.24, 2.45) is 0 Å². The van der Waals surface area contributed by atoms with E-state index in [-0.39, 0.29) is 0 Å². The maximum atomic E-state index is 6.19. The second-order valence-electron chi connectivity index (χ2n) is 6.71. The number of rotatable bonds is 6. The molecule has 0 aliphatic carbocycles. The predicted octanol–water partition coefficient (Wildman–Crippen LogP) is 6.75. The van der Waals surface area contributed by atoms with Crippen molar-refractivity contribution in [3.8, 4) is 5.75 Å². The molecule has 0 saturated carbocycles. The van der Waals surface area contributed by atoms with Crippen LogP contribution in [0.1, 0.15) is 22.3 Å². The molecular formula is C25H21ClO. The molecule has 4 aromatic rings. The molecule has 2 heteroatoms. The molecule has 0 saturated heterocycles. The minimum atomic E-state index is 0.440. The molecule has 1 nitrogen and oxygen atoms in total. The number of ether oxygens (including phenoxy) is 1. The average Bonchev–Trinajstić information content (AvgIpc) is 2.73. The monoisotopic (exact) mass is 372 g/mol. The van der Waals surface area contributed by atoms with E-state index >= 15 is 0 Å². The molecule has 0 bridgehead atoms. The van der Waals surface area contributed by atoms with Crippen LogP contribution in [-0.4, -0.2) is 0 Å². The summed E-state index contributed by atoms with van der Waals surface area (Å²) in [5.41, 5.74) is 4.73. The largest absolute Gasteiger partial charge is 0.489 e. The second kappa shape index (κ2) is 8.28. The smallest absolute Gasteiger partial charge is 0.124 e. The average molecular weight is 373 g/mol. The van der Waals surface area contributed by atoms with Gasteiger partial charge in [0.1, 0.15) is 12.4 Å². The molecule has 0 unspecified atom stereocenters. The number of benzene rings is 4. The first-order valence-corrected chi connectivity index (χ1v) is 9.67. The van der Waals surface area contributed by atoms with Gasteiger partial charge in [-0.25, -0.2) is 0 Å². The Hall–Kier alpha value is -2.77. The van der Waals surface area contributed by atoms with Gasteiger partial charge in [-0.15, -0.1) is 11.6 Å².